The second kappa shape index (κ2) is 6.84. The summed E-state index contributed by atoms with van der Waals surface area (Å²) in [6.45, 7) is 1.96. The lowest BCUT2D eigenvalue weighted by Gasteiger charge is -2.27. The van der Waals surface area contributed by atoms with Crippen LogP contribution in [0.4, 0.5) is 0 Å². The van der Waals surface area contributed by atoms with Gasteiger partial charge in [0.25, 0.3) is 11.8 Å². The lowest BCUT2D eigenvalue weighted by Crippen LogP contribution is -2.31. The molecule has 1 atom stereocenters. The van der Waals surface area contributed by atoms with E-state index in [1.807, 2.05) is 31.2 Å². The molecule has 124 valence electrons. The van der Waals surface area contributed by atoms with Crippen LogP contribution in [0.1, 0.15) is 56.3 Å². The van der Waals surface area contributed by atoms with Crippen molar-refractivity contribution in [3.63, 3.8) is 0 Å². The zero-order chi connectivity index (χ0) is 17.1. The van der Waals surface area contributed by atoms with Gasteiger partial charge in [0, 0.05) is 11.1 Å². The summed E-state index contributed by atoms with van der Waals surface area (Å²) in [5.74, 6) is -0.613. The maximum absolute atomic E-state index is 12.5. The van der Waals surface area contributed by atoms with E-state index in [9.17, 15) is 9.59 Å². The molecule has 1 unspecified atom stereocenters. The molecule has 0 spiro atoms. The lowest BCUT2D eigenvalue weighted by molar-refractivity contribution is 0.0706. The zero-order valence-electron chi connectivity index (χ0n) is 13.5. The molecule has 0 bridgehead atoms. The molecule has 2 amide bonds. The Labute approximate surface area is 140 Å². The van der Waals surface area contributed by atoms with Gasteiger partial charge in [-0.15, -0.1) is 0 Å². The fourth-order valence-electron chi connectivity index (χ4n) is 3.20. The molecule has 0 aliphatic heterocycles. The number of benzene rings is 2. The van der Waals surface area contributed by atoms with E-state index >= 15 is 0 Å². The van der Waals surface area contributed by atoms with Gasteiger partial charge in [-0.05, 0) is 61.6 Å². The molecular formula is C19H20N2O3. The van der Waals surface area contributed by atoms with Crippen molar-refractivity contribution in [1.82, 2.24) is 10.8 Å². The van der Waals surface area contributed by atoms with Gasteiger partial charge in [-0.2, -0.15) is 0 Å². The first kappa shape index (κ1) is 16.2. The Morgan fingerprint density at radius 2 is 1.88 bits per heavy atom. The van der Waals surface area contributed by atoms with Crippen LogP contribution in [0, 0.1) is 6.92 Å². The third-order valence-electron chi connectivity index (χ3n) is 4.41. The highest BCUT2D eigenvalue weighted by molar-refractivity contribution is 5.95. The van der Waals surface area contributed by atoms with Crippen molar-refractivity contribution in [2.75, 3.05) is 0 Å². The third-order valence-corrected chi connectivity index (χ3v) is 4.41. The summed E-state index contributed by atoms with van der Waals surface area (Å²) in [5, 5.41) is 11.8. The topological polar surface area (TPSA) is 78.4 Å². The first-order valence-corrected chi connectivity index (χ1v) is 8.03. The minimum atomic E-state index is -0.524. The number of nitrogens with one attached hydrogen (secondary N) is 2. The smallest absolute Gasteiger partial charge is 0.274 e. The molecule has 1 aliphatic rings. The molecule has 3 N–H and O–H groups in total. The van der Waals surface area contributed by atoms with Gasteiger partial charge in [0.2, 0.25) is 0 Å². The van der Waals surface area contributed by atoms with E-state index in [4.69, 9.17) is 5.21 Å². The first-order valence-electron chi connectivity index (χ1n) is 8.03. The van der Waals surface area contributed by atoms with Crippen molar-refractivity contribution in [3.05, 3.63) is 70.3 Å². The summed E-state index contributed by atoms with van der Waals surface area (Å²) in [5.41, 5.74) is 5.84. The summed E-state index contributed by atoms with van der Waals surface area (Å²) in [6, 6.07) is 12.8. The van der Waals surface area contributed by atoms with Gasteiger partial charge in [-0.1, -0.05) is 23.8 Å². The average Bonchev–Trinajstić information content (AvgIpc) is 2.60. The molecule has 5 heteroatoms. The summed E-state index contributed by atoms with van der Waals surface area (Å²) in [4.78, 5) is 24.0. The van der Waals surface area contributed by atoms with E-state index in [1.165, 1.54) is 0 Å². The quantitative estimate of drug-likeness (QED) is 0.600. The van der Waals surface area contributed by atoms with Crippen LogP contribution in [0.3, 0.4) is 0 Å². The Bertz CT molecular complexity index is 786. The Balaban J connectivity index is 1.82. The number of rotatable bonds is 3. The highest BCUT2D eigenvalue weighted by Crippen LogP contribution is 2.30. The zero-order valence-corrected chi connectivity index (χ0v) is 13.5. The van der Waals surface area contributed by atoms with Crippen LogP contribution in [-0.2, 0) is 6.42 Å². The summed E-state index contributed by atoms with van der Waals surface area (Å²) < 4.78 is 0. The minimum absolute atomic E-state index is 0.0620. The predicted octanol–water partition coefficient (Wildman–Crippen LogP) is 2.92. The van der Waals surface area contributed by atoms with Crippen LogP contribution >= 0.6 is 0 Å². The van der Waals surface area contributed by atoms with Gasteiger partial charge >= 0.3 is 0 Å². The highest BCUT2D eigenvalue weighted by Gasteiger charge is 2.23. The maximum Gasteiger partial charge on any atom is 0.274 e. The molecular weight excluding hydrogens is 304 g/mol. The molecule has 2 aromatic rings. The van der Waals surface area contributed by atoms with Crippen LogP contribution in [0.5, 0.6) is 0 Å². The number of hydrogen-bond acceptors (Lipinski definition) is 3. The van der Waals surface area contributed by atoms with Gasteiger partial charge in [-0.3, -0.25) is 14.8 Å². The van der Waals surface area contributed by atoms with Gasteiger partial charge in [0.15, 0.2) is 0 Å². The Morgan fingerprint density at radius 3 is 2.62 bits per heavy atom. The van der Waals surface area contributed by atoms with Gasteiger partial charge in [0.05, 0.1) is 6.04 Å². The molecule has 1 aliphatic carbocycles. The fraction of sp³-hybridized carbons (Fsp3) is 0.263. The van der Waals surface area contributed by atoms with Gasteiger partial charge in [0.1, 0.15) is 0 Å². The van der Waals surface area contributed by atoms with E-state index in [1.54, 1.807) is 23.7 Å². The molecule has 0 saturated carbocycles. The van der Waals surface area contributed by atoms with Gasteiger partial charge in [-0.25, -0.2) is 5.48 Å². The van der Waals surface area contributed by atoms with Crippen molar-refractivity contribution < 1.29 is 14.8 Å². The van der Waals surface area contributed by atoms with E-state index in [2.05, 4.69) is 5.32 Å². The standard InChI is InChI=1S/C19H20N2O3/c1-12-4-2-6-14(10-12)18(22)20-17-7-3-5-13-11-15(19(23)21-24)8-9-16(13)17/h2,4,6,8-11,17,24H,3,5,7H2,1H3,(H,20,22)(H,21,23). The van der Waals surface area contributed by atoms with Crippen LogP contribution in [-0.4, -0.2) is 17.0 Å². The van der Waals surface area contributed by atoms with Crippen molar-refractivity contribution >= 4 is 11.8 Å². The third kappa shape index (κ3) is 3.31. The normalized spacial score (nSPS) is 16.2. The second-order valence-corrected chi connectivity index (χ2v) is 6.14. The molecule has 5 nitrogen and oxygen atoms in total. The summed E-state index contributed by atoms with van der Waals surface area (Å²) in [6.07, 6.45) is 2.67. The Kier molecular flexibility index (Phi) is 4.62. The SMILES string of the molecule is Cc1cccc(C(=O)NC2CCCc3cc(C(=O)NO)ccc32)c1. The molecule has 0 aromatic heterocycles. The Morgan fingerprint density at radius 1 is 1.08 bits per heavy atom. The number of aryl methyl sites for hydroxylation is 2. The molecule has 0 saturated heterocycles. The first-order chi connectivity index (χ1) is 11.6. The number of carbonyl (C=O) groups excluding carboxylic acids is 2. The number of fused-ring (bicyclic) bond motifs is 1. The van der Waals surface area contributed by atoms with Gasteiger partial charge < -0.3 is 5.32 Å². The van der Waals surface area contributed by atoms with E-state index < -0.39 is 5.91 Å². The largest absolute Gasteiger partial charge is 0.345 e. The van der Waals surface area contributed by atoms with Crippen LogP contribution in [0.25, 0.3) is 0 Å². The summed E-state index contributed by atoms with van der Waals surface area (Å²) >= 11 is 0. The van der Waals surface area contributed by atoms with E-state index in [0.717, 1.165) is 36.0 Å². The molecule has 0 heterocycles. The molecule has 2 aromatic carbocycles. The lowest BCUT2D eigenvalue weighted by atomic mass is 9.86. The molecule has 0 fully saturated rings. The fourth-order valence-corrected chi connectivity index (χ4v) is 3.20. The molecule has 3 rings (SSSR count). The number of hydrogen-bond donors (Lipinski definition) is 3. The molecule has 24 heavy (non-hydrogen) atoms. The van der Waals surface area contributed by atoms with E-state index in [0.29, 0.717) is 11.1 Å². The highest BCUT2D eigenvalue weighted by atomic mass is 16.5. The summed E-state index contributed by atoms with van der Waals surface area (Å²) in [7, 11) is 0. The number of carbonyl (C=O) groups is 2. The average molecular weight is 324 g/mol. The number of amides is 2. The second-order valence-electron chi connectivity index (χ2n) is 6.14. The Hall–Kier alpha value is -2.66. The van der Waals surface area contributed by atoms with Crippen molar-refractivity contribution in [1.29, 1.82) is 0 Å². The molecule has 0 radical (unpaired) electrons. The maximum atomic E-state index is 12.5. The van der Waals surface area contributed by atoms with Crippen molar-refractivity contribution in [3.8, 4) is 0 Å². The predicted molar refractivity (Wildman–Crippen MR) is 90.0 cm³/mol. The van der Waals surface area contributed by atoms with E-state index in [-0.39, 0.29) is 11.9 Å². The monoisotopic (exact) mass is 324 g/mol. The van der Waals surface area contributed by atoms with Crippen LogP contribution < -0.4 is 10.8 Å². The minimum Gasteiger partial charge on any atom is -0.345 e. The van der Waals surface area contributed by atoms with Crippen LogP contribution in [0.2, 0.25) is 0 Å². The van der Waals surface area contributed by atoms with Crippen LogP contribution in [0.15, 0.2) is 42.5 Å². The van der Waals surface area contributed by atoms with Crippen molar-refractivity contribution in [2.24, 2.45) is 0 Å². The number of hydroxylamine groups is 1. The van der Waals surface area contributed by atoms with Crippen molar-refractivity contribution in [2.45, 2.75) is 32.2 Å².